The summed E-state index contributed by atoms with van der Waals surface area (Å²) in [5.41, 5.74) is -0.0281. The third-order valence-corrected chi connectivity index (χ3v) is 2.73. The van der Waals surface area contributed by atoms with E-state index >= 15 is 0 Å². The van der Waals surface area contributed by atoms with Crippen LogP contribution in [0.3, 0.4) is 0 Å². The molecular formula is C14H11F4NO. The van der Waals surface area contributed by atoms with E-state index < -0.39 is 23.3 Å². The van der Waals surface area contributed by atoms with Crippen molar-refractivity contribution in [1.82, 2.24) is 0 Å². The van der Waals surface area contributed by atoms with Gasteiger partial charge in [0, 0.05) is 24.2 Å². The van der Waals surface area contributed by atoms with E-state index in [9.17, 15) is 17.6 Å². The second-order valence-electron chi connectivity index (χ2n) is 4.06. The van der Waals surface area contributed by atoms with E-state index in [1.807, 2.05) is 0 Å². The van der Waals surface area contributed by atoms with E-state index in [-0.39, 0.29) is 17.8 Å². The van der Waals surface area contributed by atoms with Crippen molar-refractivity contribution in [1.29, 1.82) is 0 Å². The molecule has 20 heavy (non-hydrogen) atoms. The van der Waals surface area contributed by atoms with Crippen molar-refractivity contribution in [2.75, 3.05) is 12.4 Å². The van der Waals surface area contributed by atoms with Crippen LogP contribution in [0.25, 0.3) is 0 Å². The van der Waals surface area contributed by atoms with E-state index in [4.69, 9.17) is 4.74 Å². The number of rotatable bonds is 4. The first-order valence-corrected chi connectivity index (χ1v) is 5.72. The minimum Gasteiger partial charge on any atom is -0.497 e. The molecule has 106 valence electrons. The molecule has 2 aromatic rings. The number of methoxy groups -OCH3 is 1. The predicted molar refractivity (Wildman–Crippen MR) is 66.6 cm³/mol. The van der Waals surface area contributed by atoms with Crippen LogP contribution in [0.2, 0.25) is 0 Å². The van der Waals surface area contributed by atoms with Crippen molar-refractivity contribution in [2.24, 2.45) is 0 Å². The largest absolute Gasteiger partial charge is 0.497 e. The Morgan fingerprint density at radius 3 is 2.30 bits per heavy atom. The SMILES string of the molecule is COc1ccc(F)c(NCc2cc(F)c(F)cc2F)c1. The third-order valence-electron chi connectivity index (χ3n) is 2.73. The van der Waals surface area contributed by atoms with Crippen molar-refractivity contribution >= 4 is 5.69 Å². The first-order chi connectivity index (χ1) is 9.51. The highest BCUT2D eigenvalue weighted by Gasteiger charge is 2.11. The number of ether oxygens (including phenoxy) is 1. The van der Waals surface area contributed by atoms with Crippen molar-refractivity contribution < 1.29 is 22.3 Å². The summed E-state index contributed by atoms with van der Waals surface area (Å²) in [6.07, 6.45) is 0. The van der Waals surface area contributed by atoms with Crippen LogP contribution in [-0.2, 0) is 6.54 Å². The van der Waals surface area contributed by atoms with Gasteiger partial charge in [-0.25, -0.2) is 17.6 Å². The summed E-state index contributed by atoms with van der Waals surface area (Å²) in [7, 11) is 1.42. The minimum atomic E-state index is -1.26. The van der Waals surface area contributed by atoms with E-state index in [2.05, 4.69) is 5.32 Å². The van der Waals surface area contributed by atoms with Crippen molar-refractivity contribution in [3.8, 4) is 5.75 Å². The van der Waals surface area contributed by atoms with Gasteiger partial charge in [0.2, 0.25) is 0 Å². The molecule has 0 saturated heterocycles. The van der Waals surface area contributed by atoms with Gasteiger partial charge in [-0.1, -0.05) is 0 Å². The molecule has 0 aromatic heterocycles. The highest BCUT2D eigenvalue weighted by atomic mass is 19.2. The molecule has 2 nitrogen and oxygen atoms in total. The monoisotopic (exact) mass is 285 g/mol. The molecule has 0 spiro atoms. The first-order valence-electron chi connectivity index (χ1n) is 5.72. The van der Waals surface area contributed by atoms with Crippen LogP contribution in [-0.4, -0.2) is 7.11 Å². The molecule has 0 aliphatic heterocycles. The highest BCUT2D eigenvalue weighted by molar-refractivity contribution is 5.50. The zero-order valence-corrected chi connectivity index (χ0v) is 10.5. The van der Waals surface area contributed by atoms with Crippen LogP contribution in [0.5, 0.6) is 5.75 Å². The van der Waals surface area contributed by atoms with Crippen LogP contribution >= 0.6 is 0 Å². The van der Waals surface area contributed by atoms with Crippen LogP contribution < -0.4 is 10.1 Å². The fourth-order valence-corrected chi connectivity index (χ4v) is 1.66. The van der Waals surface area contributed by atoms with Gasteiger partial charge in [-0.2, -0.15) is 0 Å². The second-order valence-corrected chi connectivity index (χ2v) is 4.06. The van der Waals surface area contributed by atoms with Crippen molar-refractivity contribution in [3.63, 3.8) is 0 Å². The molecule has 0 fully saturated rings. The fraction of sp³-hybridized carbons (Fsp3) is 0.143. The van der Waals surface area contributed by atoms with Gasteiger partial charge >= 0.3 is 0 Å². The van der Waals surface area contributed by atoms with Crippen molar-refractivity contribution in [2.45, 2.75) is 6.54 Å². The molecule has 0 bridgehead atoms. The molecule has 0 heterocycles. The third kappa shape index (κ3) is 3.01. The van der Waals surface area contributed by atoms with Gasteiger partial charge in [0.05, 0.1) is 12.8 Å². The predicted octanol–water partition coefficient (Wildman–Crippen LogP) is 3.86. The number of nitrogens with one attached hydrogen (secondary N) is 1. The quantitative estimate of drug-likeness (QED) is 0.680. The molecule has 2 aromatic carbocycles. The maximum absolute atomic E-state index is 13.5. The molecule has 0 radical (unpaired) electrons. The zero-order valence-electron chi connectivity index (χ0n) is 10.5. The average molecular weight is 285 g/mol. The van der Waals surface area contributed by atoms with E-state index in [0.717, 1.165) is 6.07 Å². The molecule has 0 aliphatic rings. The van der Waals surface area contributed by atoms with Gasteiger partial charge in [-0.15, -0.1) is 0 Å². The molecular weight excluding hydrogens is 274 g/mol. The Labute approximate surface area is 113 Å². The maximum Gasteiger partial charge on any atom is 0.161 e. The van der Waals surface area contributed by atoms with Crippen LogP contribution in [0, 0.1) is 23.3 Å². The van der Waals surface area contributed by atoms with Gasteiger partial charge in [0.25, 0.3) is 0 Å². The lowest BCUT2D eigenvalue weighted by molar-refractivity contribution is 0.414. The van der Waals surface area contributed by atoms with E-state index in [0.29, 0.717) is 11.8 Å². The Kier molecular flexibility index (Phi) is 4.12. The Balaban J connectivity index is 2.18. The number of anilines is 1. The smallest absolute Gasteiger partial charge is 0.161 e. The molecule has 0 amide bonds. The lowest BCUT2D eigenvalue weighted by Crippen LogP contribution is -2.05. The van der Waals surface area contributed by atoms with E-state index in [1.165, 1.54) is 25.3 Å². The van der Waals surface area contributed by atoms with E-state index in [1.54, 1.807) is 0 Å². The van der Waals surface area contributed by atoms with Crippen LogP contribution in [0.15, 0.2) is 30.3 Å². The first kappa shape index (κ1) is 14.2. The summed E-state index contributed by atoms with van der Waals surface area (Å²) in [4.78, 5) is 0. The number of hydrogen-bond acceptors (Lipinski definition) is 2. The summed E-state index contributed by atoms with van der Waals surface area (Å²) >= 11 is 0. The van der Waals surface area contributed by atoms with Gasteiger partial charge in [0.1, 0.15) is 17.4 Å². The number of hydrogen-bond donors (Lipinski definition) is 1. The highest BCUT2D eigenvalue weighted by Crippen LogP contribution is 2.22. The van der Waals surface area contributed by atoms with Crippen LogP contribution in [0.1, 0.15) is 5.56 Å². The molecule has 6 heteroatoms. The van der Waals surface area contributed by atoms with Crippen LogP contribution in [0.4, 0.5) is 23.2 Å². The summed E-state index contributed by atoms with van der Waals surface area (Å²) in [6.45, 7) is -0.187. The minimum absolute atomic E-state index is 0.0773. The topological polar surface area (TPSA) is 21.3 Å². The normalized spacial score (nSPS) is 10.4. The summed E-state index contributed by atoms with van der Waals surface area (Å²) in [5, 5.41) is 2.61. The fourth-order valence-electron chi connectivity index (χ4n) is 1.66. The van der Waals surface area contributed by atoms with Gasteiger partial charge < -0.3 is 10.1 Å². The zero-order chi connectivity index (χ0) is 14.7. The molecule has 0 unspecified atom stereocenters. The summed E-state index contributed by atoms with van der Waals surface area (Å²) < 4.78 is 57.6. The summed E-state index contributed by atoms with van der Waals surface area (Å²) in [6, 6.07) is 5.18. The number of benzene rings is 2. The Morgan fingerprint density at radius 1 is 0.900 bits per heavy atom. The lowest BCUT2D eigenvalue weighted by atomic mass is 10.2. The second kappa shape index (κ2) is 5.81. The molecule has 0 aliphatic carbocycles. The number of halogens is 4. The Hall–Kier alpha value is -2.24. The standard InChI is InChI=1S/C14H11F4NO/c1-20-9-2-3-10(15)14(5-9)19-7-8-4-12(17)13(18)6-11(8)16/h2-6,19H,7H2,1H3. The van der Waals surface area contributed by atoms with Gasteiger partial charge in [-0.05, 0) is 18.2 Å². The summed E-state index contributed by atoms with van der Waals surface area (Å²) in [5.74, 6) is -3.47. The Bertz CT molecular complexity index is 631. The molecule has 0 atom stereocenters. The Morgan fingerprint density at radius 2 is 1.60 bits per heavy atom. The molecule has 0 saturated carbocycles. The van der Waals surface area contributed by atoms with Gasteiger partial charge in [0.15, 0.2) is 11.6 Å². The molecule has 2 rings (SSSR count). The average Bonchev–Trinajstić information content (AvgIpc) is 2.43. The maximum atomic E-state index is 13.5. The van der Waals surface area contributed by atoms with Crippen molar-refractivity contribution in [3.05, 3.63) is 59.2 Å². The molecule has 1 N–H and O–H groups in total. The lowest BCUT2D eigenvalue weighted by Gasteiger charge is -2.10. The van der Waals surface area contributed by atoms with Gasteiger partial charge in [-0.3, -0.25) is 0 Å².